The van der Waals surface area contributed by atoms with E-state index >= 15 is 0 Å². The molecule has 0 atom stereocenters. The molecule has 3 rings (SSSR count). The Morgan fingerprint density at radius 1 is 0.931 bits per heavy atom. The summed E-state index contributed by atoms with van der Waals surface area (Å²) in [5, 5.41) is 5.85. The van der Waals surface area contributed by atoms with Gasteiger partial charge in [0.2, 0.25) is 5.91 Å². The number of halogens is 1. The van der Waals surface area contributed by atoms with Crippen molar-refractivity contribution < 1.29 is 9.59 Å². The van der Waals surface area contributed by atoms with Crippen molar-refractivity contribution >= 4 is 34.4 Å². The second-order valence-electron chi connectivity index (χ2n) is 6.50. The molecule has 2 N–H and O–H groups in total. The summed E-state index contributed by atoms with van der Waals surface area (Å²) >= 11 is 5.99. The number of hydrogen-bond acceptors (Lipinski definition) is 3. The van der Waals surface area contributed by atoms with Crippen molar-refractivity contribution in [3.63, 3.8) is 0 Å². The van der Waals surface area contributed by atoms with E-state index in [0.717, 1.165) is 11.0 Å². The van der Waals surface area contributed by atoms with Gasteiger partial charge in [-0.05, 0) is 31.2 Å². The molecule has 0 saturated carbocycles. The lowest BCUT2D eigenvalue weighted by Crippen LogP contribution is -2.35. The fourth-order valence-corrected chi connectivity index (χ4v) is 3.44. The number of carbonyl (C=O) groups is 2. The molecule has 152 valence electrons. The highest BCUT2D eigenvalue weighted by Crippen LogP contribution is 2.14. The van der Waals surface area contributed by atoms with Crippen molar-refractivity contribution in [2.75, 3.05) is 13.1 Å². The largest absolute Gasteiger partial charge is 0.354 e. The molecule has 0 fully saturated rings. The molecule has 8 heteroatoms. The van der Waals surface area contributed by atoms with E-state index in [0.29, 0.717) is 30.2 Å². The summed E-state index contributed by atoms with van der Waals surface area (Å²) in [5.41, 5.74) is 1.96. The van der Waals surface area contributed by atoms with Crippen LogP contribution in [0.1, 0.15) is 23.7 Å². The van der Waals surface area contributed by atoms with Gasteiger partial charge in [0.1, 0.15) is 0 Å². The van der Waals surface area contributed by atoms with Crippen LogP contribution >= 0.6 is 11.6 Å². The number of hydrogen-bond donors (Lipinski definition) is 2. The second-order valence-corrected chi connectivity index (χ2v) is 6.91. The van der Waals surface area contributed by atoms with Gasteiger partial charge in [0.15, 0.2) is 0 Å². The lowest BCUT2D eigenvalue weighted by Gasteiger charge is -2.08. The Hall–Kier alpha value is -3.06. The van der Waals surface area contributed by atoms with Crippen molar-refractivity contribution in [1.29, 1.82) is 0 Å². The van der Waals surface area contributed by atoms with E-state index in [1.807, 2.05) is 31.2 Å². The number of para-hydroxylation sites is 2. The smallest absolute Gasteiger partial charge is 0.329 e. The molecule has 0 unspecified atom stereocenters. The third-order valence-electron chi connectivity index (χ3n) is 4.66. The zero-order chi connectivity index (χ0) is 20.8. The number of aryl methyl sites for hydroxylation is 2. The Balaban J connectivity index is 1.49. The maximum Gasteiger partial charge on any atom is 0.329 e. The molecular weight excluding hydrogens is 392 g/mol. The Kier molecular flexibility index (Phi) is 6.72. The number of fused-ring (bicyclic) bond motifs is 1. The fraction of sp³-hybridized carbons (Fsp3) is 0.286. The SMILES string of the molecule is CCn1c(=O)n(CCC(=O)NCCNC(=O)c2ccccc2Cl)c2ccccc21. The van der Waals surface area contributed by atoms with Gasteiger partial charge in [0.05, 0.1) is 21.6 Å². The summed E-state index contributed by atoms with van der Waals surface area (Å²) in [6, 6.07) is 14.3. The molecule has 0 aliphatic rings. The zero-order valence-corrected chi connectivity index (χ0v) is 16.9. The van der Waals surface area contributed by atoms with Crippen molar-refractivity contribution in [3.05, 3.63) is 69.6 Å². The van der Waals surface area contributed by atoms with Crippen LogP contribution in [0, 0.1) is 0 Å². The molecule has 3 aromatic rings. The molecule has 2 aromatic carbocycles. The highest BCUT2D eigenvalue weighted by molar-refractivity contribution is 6.33. The summed E-state index contributed by atoms with van der Waals surface area (Å²) in [5.74, 6) is -0.471. The Morgan fingerprint density at radius 2 is 1.55 bits per heavy atom. The topological polar surface area (TPSA) is 85.1 Å². The van der Waals surface area contributed by atoms with E-state index < -0.39 is 0 Å². The maximum absolute atomic E-state index is 12.6. The molecule has 7 nitrogen and oxygen atoms in total. The van der Waals surface area contributed by atoms with Crippen molar-refractivity contribution in [3.8, 4) is 0 Å². The molecular formula is C21H23ClN4O3. The standard InChI is InChI=1S/C21H23ClN4O3/c1-2-25-17-9-5-6-10-18(17)26(21(25)29)14-11-19(27)23-12-13-24-20(28)15-7-3-4-8-16(15)22/h3-10H,2,11-14H2,1H3,(H,23,27)(H,24,28). The number of nitrogens with zero attached hydrogens (tertiary/aromatic N) is 2. The molecule has 0 bridgehead atoms. The number of aromatic nitrogens is 2. The van der Waals surface area contributed by atoms with Crippen molar-refractivity contribution in [1.82, 2.24) is 19.8 Å². The molecule has 0 radical (unpaired) electrons. The van der Waals surface area contributed by atoms with Gasteiger partial charge < -0.3 is 10.6 Å². The van der Waals surface area contributed by atoms with Crippen LogP contribution in [-0.4, -0.2) is 34.0 Å². The van der Waals surface area contributed by atoms with Crippen molar-refractivity contribution in [2.45, 2.75) is 26.4 Å². The lowest BCUT2D eigenvalue weighted by atomic mass is 10.2. The molecule has 0 spiro atoms. The van der Waals surface area contributed by atoms with Crippen LogP contribution < -0.4 is 16.3 Å². The summed E-state index contributed by atoms with van der Waals surface area (Å²) in [6.45, 7) is 3.36. The Morgan fingerprint density at radius 3 is 2.24 bits per heavy atom. The van der Waals surface area contributed by atoms with Crippen LogP contribution in [0.4, 0.5) is 0 Å². The average Bonchev–Trinajstić information content (AvgIpc) is 3.00. The van der Waals surface area contributed by atoms with Crippen LogP contribution in [0.5, 0.6) is 0 Å². The highest BCUT2D eigenvalue weighted by Gasteiger charge is 2.13. The van der Waals surface area contributed by atoms with Gasteiger partial charge >= 0.3 is 5.69 Å². The molecule has 0 saturated heterocycles. The zero-order valence-electron chi connectivity index (χ0n) is 16.2. The highest BCUT2D eigenvalue weighted by atomic mass is 35.5. The molecule has 0 aliphatic carbocycles. The van der Waals surface area contributed by atoms with E-state index in [2.05, 4.69) is 10.6 Å². The summed E-state index contributed by atoms with van der Waals surface area (Å²) in [7, 11) is 0. The van der Waals surface area contributed by atoms with E-state index in [-0.39, 0.29) is 30.5 Å². The maximum atomic E-state index is 12.6. The summed E-state index contributed by atoms with van der Waals surface area (Å²) < 4.78 is 3.31. The number of carbonyl (C=O) groups excluding carboxylic acids is 2. The Bertz CT molecular complexity index is 1090. The number of imidazole rings is 1. The van der Waals surface area contributed by atoms with Gasteiger partial charge in [-0.3, -0.25) is 18.7 Å². The third kappa shape index (κ3) is 4.68. The minimum absolute atomic E-state index is 0.117. The van der Waals surface area contributed by atoms with Gasteiger partial charge in [-0.1, -0.05) is 35.9 Å². The average molecular weight is 415 g/mol. The van der Waals surface area contributed by atoms with Gasteiger partial charge in [-0.15, -0.1) is 0 Å². The minimum Gasteiger partial charge on any atom is -0.354 e. The first kappa shape index (κ1) is 20.7. The molecule has 2 amide bonds. The fourth-order valence-electron chi connectivity index (χ4n) is 3.21. The Labute approximate surface area is 173 Å². The third-order valence-corrected chi connectivity index (χ3v) is 4.98. The van der Waals surface area contributed by atoms with Crippen LogP contribution in [0.3, 0.4) is 0 Å². The van der Waals surface area contributed by atoms with Gasteiger partial charge in [-0.2, -0.15) is 0 Å². The van der Waals surface area contributed by atoms with Crippen LogP contribution in [0.25, 0.3) is 11.0 Å². The normalized spacial score (nSPS) is 10.8. The first-order chi connectivity index (χ1) is 14.0. The minimum atomic E-state index is -0.288. The molecule has 29 heavy (non-hydrogen) atoms. The number of amides is 2. The predicted octanol–water partition coefficient (Wildman–Crippen LogP) is 2.41. The number of benzene rings is 2. The second kappa shape index (κ2) is 9.43. The van der Waals surface area contributed by atoms with E-state index in [1.165, 1.54) is 0 Å². The quantitative estimate of drug-likeness (QED) is 0.555. The van der Waals surface area contributed by atoms with Gasteiger partial charge in [-0.25, -0.2) is 4.79 Å². The van der Waals surface area contributed by atoms with E-state index in [9.17, 15) is 14.4 Å². The molecule has 1 heterocycles. The molecule has 1 aromatic heterocycles. The van der Waals surface area contributed by atoms with E-state index in [1.54, 1.807) is 33.4 Å². The first-order valence-corrected chi connectivity index (χ1v) is 9.88. The van der Waals surface area contributed by atoms with Crippen molar-refractivity contribution in [2.24, 2.45) is 0 Å². The van der Waals surface area contributed by atoms with Crippen LogP contribution in [-0.2, 0) is 17.9 Å². The summed E-state index contributed by atoms with van der Waals surface area (Å²) in [6.07, 6.45) is 0.177. The van der Waals surface area contributed by atoms with Gasteiger partial charge in [0, 0.05) is 32.6 Å². The molecule has 0 aliphatic heterocycles. The van der Waals surface area contributed by atoms with Crippen LogP contribution in [0.2, 0.25) is 5.02 Å². The lowest BCUT2D eigenvalue weighted by molar-refractivity contribution is -0.121. The van der Waals surface area contributed by atoms with Crippen LogP contribution in [0.15, 0.2) is 53.3 Å². The first-order valence-electron chi connectivity index (χ1n) is 9.50. The monoisotopic (exact) mass is 414 g/mol. The van der Waals surface area contributed by atoms with Gasteiger partial charge in [0.25, 0.3) is 5.91 Å². The predicted molar refractivity (Wildman–Crippen MR) is 113 cm³/mol. The van der Waals surface area contributed by atoms with E-state index in [4.69, 9.17) is 11.6 Å². The number of nitrogens with one attached hydrogen (secondary N) is 2. The summed E-state index contributed by atoms with van der Waals surface area (Å²) in [4.78, 5) is 36.8. The number of rotatable bonds is 8.